The minimum Gasteiger partial charge on any atom is -0.486 e. The van der Waals surface area contributed by atoms with E-state index >= 15 is 0 Å². The van der Waals surface area contributed by atoms with Gasteiger partial charge in [0, 0.05) is 12.0 Å². The first kappa shape index (κ1) is 11.8. The summed E-state index contributed by atoms with van der Waals surface area (Å²) in [7, 11) is 0. The van der Waals surface area contributed by atoms with Crippen molar-refractivity contribution < 1.29 is 14.6 Å². The lowest BCUT2D eigenvalue weighted by Gasteiger charge is -2.25. The molecule has 2 aliphatic rings. The summed E-state index contributed by atoms with van der Waals surface area (Å²) in [6.45, 7) is 5.55. The van der Waals surface area contributed by atoms with Crippen molar-refractivity contribution in [2.24, 2.45) is 0 Å². The van der Waals surface area contributed by atoms with E-state index in [1.165, 1.54) is 11.1 Å². The summed E-state index contributed by atoms with van der Waals surface area (Å²) >= 11 is 0. The van der Waals surface area contributed by atoms with E-state index in [1.807, 2.05) is 6.07 Å². The average Bonchev–Trinajstić information content (AvgIpc) is 3.06. The Kier molecular flexibility index (Phi) is 2.74. The van der Waals surface area contributed by atoms with Gasteiger partial charge in [-0.2, -0.15) is 0 Å². The zero-order valence-electron chi connectivity index (χ0n) is 11.0. The van der Waals surface area contributed by atoms with Crippen LogP contribution in [0.15, 0.2) is 12.1 Å². The summed E-state index contributed by atoms with van der Waals surface area (Å²) in [5.41, 5.74) is 1.94. The molecule has 98 valence electrons. The third-order valence-electron chi connectivity index (χ3n) is 3.76. The molecule has 1 aliphatic heterocycles. The molecule has 0 saturated heterocycles. The molecule has 0 radical (unpaired) electrons. The standard InChI is InChI=1S/C15H20O3/c1-10(2)13-11(9-15(16)5-6-15)3-4-12-14(13)18-8-7-17-12/h3-4,10,16H,5-9H2,1-2H3. The van der Waals surface area contributed by atoms with Crippen molar-refractivity contribution in [3.63, 3.8) is 0 Å². The molecular weight excluding hydrogens is 228 g/mol. The number of hydrogen-bond acceptors (Lipinski definition) is 3. The van der Waals surface area contributed by atoms with E-state index in [-0.39, 0.29) is 0 Å². The van der Waals surface area contributed by atoms with E-state index in [0.717, 1.165) is 30.8 Å². The van der Waals surface area contributed by atoms with Gasteiger partial charge in [-0.25, -0.2) is 0 Å². The number of aliphatic hydroxyl groups is 1. The molecule has 1 heterocycles. The molecule has 3 rings (SSSR count). The van der Waals surface area contributed by atoms with Gasteiger partial charge in [0.2, 0.25) is 0 Å². The zero-order chi connectivity index (χ0) is 12.8. The molecule has 0 atom stereocenters. The second kappa shape index (κ2) is 4.16. The number of hydrogen-bond donors (Lipinski definition) is 1. The molecule has 1 fully saturated rings. The van der Waals surface area contributed by atoms with Crippen LogP contribution < -0.4 is 9.47 Å². The second-order valence-corrected chi connectivity index (χ2v) is 5.72. The van der Waals surface area contributed by atoms with Crippen molar-refractivity contribution in [3.05, 3.63) is 23.3 Å². The monoisotopic (exact) mass is 248 g/mol. The maximum absolute atomic E-state index is 10.1. The molecule has 0 bridgehead atoms. The fraction of sp³-hybridized carbons (Fsp3) is 0.600. The molecule has 1 saturated carbocycles. The highest BCUT2D eigenvalue weighted by Gasteiger charge is 2.41. The highest BCUT2D eigenvalue weighted by Crippen LogP contribution is 2.44. The van der Waals surface area contributed by atoms with Crippen LogP contribution in [0.3, 0.4) is 0 Å². The Morgan fingerprint density at radius 2 is 1.94 bits per heavy atom. The van der Waals surface area contributed by atoms with Gasteiger partial charge < -0.3 is 14.6 Å². The smallest absolute Gasteiger partial charge is 0.165 e. The van der Waals surface area contributed by atoms with Crippen LogP contribution in [0.25, 0.3) is 0 Å². The fourth-order valence-corrected chi connectivity index (χ4v) is 2.64. The summed E-state index contributed by atoms with van der Waals surface area (Å²) in [4.78, 5) is 0. The molecule has 0 amide bonds. The number of fused-ring (bicyclic) bond motifs is 1. The van der Waals surface area contributed by atoms with Crippen LogP contribution in [-0.2, 0) is 6.42 Å². The first-order chi connectivity index (χ1) is 8.59. The van der Waals surface area contributed by atoms with Gasteiger partial charge in [-0.3, -0.25) is 0 Å². The van der Waals surface area contributed by atoms with E-state index in [4.69, 9.17) is 9.47 Å². The van der Waals surface area contributed by atoms with Crippen LogP contribution in [0.4, 0.5) is 0 Å². The lowest BCUT2D eigenvalue weighted by atomic mass is 9.91. The number of rotatable bonds is 3. The van der Waals surface area contributed by atoms with Crippen LogP contribution in [0, 0.1) is 0 Å². The Morgan fingerprint density at radius 1 is 1.22 bits per heavy atom. The third-order valence-corrected chi connectivity index (χ3v) is 3.76. The van der Waals surface area contributed by atoms with Crippen LogP contribution >= 0.6 is 0 Å². The van der Waals surface area contributed by atoms with Gasteiger partial charge in [-0.05, 0) is 30.4 Å². The zero-order valence-corrected chi connectivity index (χ0v) is 11.0. The van der Waals surface area contributed by atoms with E-state index in [0.29, 0.717) is 19.1 Å². The topological polar surface area (TPSA) is 38.7 Å². The molecule has 0 aromatic heterocycles. The summed E-state index contributed by atoms with van der Waals surface area (Å²) in [6, 6.07) is 4.06. The van der Waals surface area contributed by atoms with Crippen molar-refractivity contribution in [1.82, 2.24) is 0 Å². The van der Waals surface area contributed by atoms with Gasteiger partial charge in [-0.15, -0.1) is 0 Å². The maximum Gasteiger partial charge on any atom is 0.165 e. The SMILES string of the molecule is CC(C)c1c(CC2(O)CC2)ccc2c1OCCO2. The Morgan fingerprint density at radius 3 is 2.61 bits per heavy atom. The molecule has 3 heteroatoms. The Hall–Kier alpha value is -1.22. The summed E-state index contributed by atoms with van der Waals surface area (Å²) in [6.07, 6.45) is 2.56. The molecule has 0 unspecified atom stereocenters. The summed E-state index contributed by atoms with van der Waals surface area (Å²) in [5, 5.41) is 10.1. The van der Waals surface area contributed by atoms with Crippen LogP contribution in [-0.4, -0.2) is 23.9 Å². The highest BCUT2D eigenvalue weighted by molar-refractivity contribution is 5.53. The van der Waals surface area contributed by atoms with Gasteiger partial charge in [-0.1, -0.05) is 19.9 Å². The van der Waals surface area contributed by atoms with Crippen molar-refractivity contribution >= 4 is 0 Å². The predicted octanol–water partition coefficient (Wildman–Crippen LogP) is 2.65. The average molecular weight is 248 g/mol. The normalized spacial score (nSPS) is 20.0. The Balaban J connectivity index is 2.02. The summed E-state index contributed by atoms with van der Waals surface area (Å²) in [5.74, 6) is 2.11. The second-order valence-electron chi connectivity index (χ2n) is 5.72. The molecular formula is C15H20O3. The number of ether oxygens (including phenoxy) is 2. The van der Waals surface area contributed by atoms with E-state index in [2.05, 4.69) is 19.9 Å². The maximum atomic E-state index is 10.1. The molecule has 1 N–H and O–H groups in total. The molecule has 1 aromatic carbocycles. The fourth-order valence-electron chi connectivity index (χ4n) is 2.64. The number of benzene rings is 1. The highest BCUT2D eigenvalue weighted by atomic mass is 16.6. The van der Waals surface area contributed by atoms with Gasteiger partial charge in [0.05, 0.1) is 5.60 Å². The quantitative estimate of drug-likeness (QED) is 0.893. The van der Waals surface area contributed by atoms with E-state index in [9.17, 15) is 5.11 Å². The van der Waals surface area contributed by atoms with Crippen LogP contribution in [0.2, 0.25) is 0 Å². The van der Waals surface area contributed by atoms with Crippen molar-refractivity contribution in [2.45, 2.75) is 44.6 Å². The van der Waals surface area contributed by atoms with Crippen LogP contribution in [0.5, 0.6) is 11.5 Å². The van der Waals surface area contributed by atoms with Gasteiger partial charge in [0.15, 0.2) is 11.5 Å². The Labute approximate surface area is 108 Å². The largest absolute Gasteiger partial charge is 0.486 e. The van der Waals surface area contributed by atoms with E-state index in [1.54, 1.807) is 0 Å². The summed E-state index contributed by atoms with van der Waals surface area (Å²) < 4.78 is 11.4. The minimum absolute atomic E-state index is 0.374. The Bertz CT molecular complexity index is 461. The van der Waals surface area contributed by atoms with Gasteiger partial charge >= 0.3 is 0 Å². The van der Waals surface area contributed by atoms with Crippen molar-refractivity contribution in [1.29, 1.82) is 0 Å². The molecule has 1 aliphatic carbocycles. The van der Waals surface area contributed by atoms with Crippen LogP contribution in [0.1, 0.15) is 43.7 Å². The third kappa shape index (κ3) is 2.07. The predicted molar refractivity (Wildman–Crippen MR) is 69.4 cm³/mol. The molecule has 3 nitrogen and oxygen atoms in total. The van der Waals surface area contributed by atoms with E-state index < -0.39 is 5.60 Å². The molecule has 0 spiro atoms. The lowest BCUT2D eigenvalue weighted by molar-refractivity contribution is 0.149. The first-order valence-electron chi connectivity index (χ1n) is 6.73. The van der Waals surface area contributed by atoms with Crippen molar-refractivity contribution in [2.75, 3.05) is 13.2 Å². The molecule has 18 heavy (non-hydrogen) atoms. The van der Waals surface area contributed by atoms with Gasteiger partial charge in [0.1, 0.15) is 13.2 Å². The van der Waals surface area contributed by atoms with Crippen molar-refractivity contribution in [3.8, 4) is 11.5 Å². The first-order valence-corrected chi connectivity index (χ1v) is 6.73. The lowest BCUT2D eigenvalue weighted by Crippen LogP contribution is -2.19. The van der Waals surface area contributed by atoms with Gasteiger partial charge in [0.25, 0.3) is 0 Å². The molecule has 1 aromatic rings. The minimum atomic E-state index is -0.465.